The molecule has 47 heavy (non-hydrogen) atoms. The molecule has 4 aromatic heterocycles. The second kappa shape index (κ2) is 13.8. The summed E-state index contributed by atoms with van der Waals surface area (Å²) in [5.41, 5.74) is 5.68. The number of halogens is 1. The summed E-state index contributed by atoms with van der Waals surface area (Å²) in [6.07, 6.45) is 5.28. The summed E-state index contributed by atoms with van der Waals surface area (Å²) in [5, 5.41) is 0. The van der Waals surface area contributed by atoms with Gasteiger partial charge in [0.25, 0.3) is 0 Å². The zero-order valence-corrected chi connectivity index (χ0v) is 31.2. The zero-order valence-electron chi connectivity index (χ0n) is 27.5. The van der Waals surface area contributed by atoms with Gasteiger partial charge in [0.15, 0.2) is 11.3 Å². The molecule has 0 bridgehead atoms. The Morgan fingerprint density at radius 2 is 1.74 bits per heavy atom. The summed E-state index contributed by atoms with van der Waals surface area (Å²) in [7, 11) is 0. The second-order valence-corrected chi connectivity index (χ2v) is 28.2. The molecule has 0 saturated carbocycles. The van der Waals surface area contributed by atoms with Crippen molar-refractivity contribution >= 4 is 73.7 Å². The van der Waals surface area contributed by atoms with Crippen LogP contribution < -0.4 is 9.27 Å². The van der Waals surface area contributed by atoms with Crippen LogP contribution >= 0.6 is 12.4 Å². The van der Waals surface area contributed by atoms with Gasteiger partial charge in [0.1, 0.15) is 0 Å². The fourth-order valence-corrected chi connectivity index (χ4v) is 8.72. The third-order valence-electron chi connectivity index (χ3n) is 7.92. The first-order chi connectivity index (χ1) is 21.8. The molecular weight excluding hydrogens is 727 g/mol. The first-order valence-corrected chi connectivity index (χ1v) is 25.5. The molecule has 0 radical (unpaired) electrons. The van der Waals surface area contributed by atoms with Crippen molar-refractivity contribution in [2.24, 2.45) is 5.92 Å². The molecule has 7 rings (SSSR count). The number of esters is 1. The Morgan fingerprint density at radius 3 is 2.47 bits per heavy atom. The third kappa shape index (κ3) is 8.04. The van der Waals surface area contributed by atoms with Gasteiger partial charge in [-0.2, -0.15) is 0 Å². The molecular formula is C33H41ClN8O4Sn. The number of rotatable bonds is 5. The van der Waals surface area contributed by atoms with E-state index in [1.807, 2.05) is 45.0 Å². The van der Waals surface area contributed by atoms with Crippen LogP contribution in [-0.4, -0.2) is 82.6 Å². The van der Waals surface area contributed by atoms with Crippen molar-refractivity contribution in [1.82, 2.24) is 39.5 Å². The van der Waals surface area contributed by atoms with Crippen LogP contribution in [0.5, 0.6) is 0 Å². The number of aromatic amines is 3. The van der Waals surface area contributed by atoms with E-state index in [1.165, 1.54) is 3.58 Å². The maximum absolute atomic E-state index is 12.4. The fraction of sp³-hybridized carbons (Fsp3) is 0.394. The summed E-state index contributed by atoms with van der Waals surface area (Å²) in [6, 6.07) is 12.2. The number of nitrogens with zero attached hydrogens (tertiary/aromatic N) is 5. The number of fused-ring (bicyclic) bond motifs is 3. The summed E-state index contributed by atoms with van der Waals surface area (Å²) in [6.45, 7) is 7.69. The normalized spacial score (nSPS) is 14.2. The number of ether oxygens (including phenoxy) is 2. The molecule has 0 unspecified atom stereocenters. The van der Waals surface area contributed by atoms with Gasteiger partial charge >= 0.3 is 129 Å². The van der Waals surface area contributed by atoms with E-state index in [2.05, 4.69) is 56.9 Å². The molecule has 6 aromatic rings. The van der Waals surface area contributed by atoms with E-state index in [4.69, 9.17) is 14.5 Å². The molecule has 14 heteroatoms. The van der Waals surface area contributed by atoms with Crippen LogP contribution in [-0.2, 0) is 16.0 Å². The summed E-state index contributed by atoms with van der Waals surface area (Å²) in [4.78, 5) is 58.2. The standard InChI is InChI=1S/C18H18N6O2.C12H13N2O2.3CH3.ClH.Sn/c25-18-23-16-17(24(18)9-11-3-5-26-6-4-11)22-15(8-19-16)12-1-2-13-14(7-12)21-10-20-13;1-12(2,3)16-11(15)10-13-8-6-4-5-7-9(8)14-10;;;;;/h1-2,7-8,10-11H,3-6,9H2,(H,20,21)(H,19,23,25);4,6-7H,1-3H3,(H,13,14);3*1H3;1H;. The van der Waals surface area contributed by atoms with Crippen LogP contribution in [0.15, 0.2) is 53.7 Å². The SMILES string of the molecule is CC(C)(C)OC(=O)c1nc2cc[c]([Sn]([CH3])([CH3])[CH3])cc2[nH]1.Cl.O=c1[nH]c2ncc(-c3ccc4nc[nH]c4c3)nc2n1CC1CCOCC1. The molecule has 0 aliphatic carbocycles. The topological polar surface area (TPSA) is 156 Å². The number of hydrogen-bond donors (Lipinski definition) is 3. The van der Waals surface area contributed by atoms with Crippen LogP contribution in [0.2, 0.25) is 14.8 Å². The predicted molar refractivity (Wildman–Crippen MR) is 188 cm³/mol. The largest absolute Gasteiger partial charge is 0.381 e. The van der Waals surface area contributed by atoms with Gasteiger partial charge in [-0.3, -0.25) is 9.55 Å². The Hall–Kier alpha value is -3.75. The smallest absolute Gasteiger partial charge is 0.328 e. The molecule has 12 nitrogen and oxygen atoms in total. The van der Waals surface area contributed by atoms with Crippen LogP contribution in [0.4, 0.5) is 0 Å². The van der Waals surface area contributed by atoms with E-state index in [1.54, 1.807) is 17.1 Å². The maximum Gasteiger partial charge on any atom is 0.328 e. The van der Waals surface area contributed by atoms with Crippen molar-refractivity contribution in [3.8, 4) is 11.3 Å². The second-order valence-electron chi connectivity index (χ2n) is 13.7. The number of hydrogen-bond acceptors (Lipinski definition) is 8. The molecule has 3 N–H and O–H groups in total. The average Bonchev–Trinajstić information content (AvgIpc) is 3.73. The third-order valence-corrected chi connectivity index (χ3v) is 13.7. The monoisotopic (exact) mass is 768 g/mol. The van der Waals surface area contributed by atoms with E-state index in [9.17, 15) is 9.59 Å². The number of carbonyl (C=O) groups excluding carboxylic acids is 1. The number of imidazole rings is 3. The van der Waals surface area contributed by atoms with Gasteiger partial charge in [-0.1, -0.05) is 6.07 Å². The molecule has 0 amide bonds. The van der Waals surface area contributed by atoms with Gasteiger partial charge in [0.05, 0.1) is 29.3 Å². The molecule has 1 fully saturated rings. The predicted octanol–water partition coefficient (Wildman–Crippen LogP) is 5.57. The molecule has 1 saturated heterocycles. The number of nitrogens with one attached hydrogen (secondary N) is 3. The van der Waals surface area contributed by atoms with Gasteiger partial charge in [0, 0.05) is 25.3 Å². The van der Waals surface area contributed by atoms with Crippen LogP contribution in [0, 0.1) is 5.92 Å². The van der Waals surface area contributed by atoms with Gasteiger partial charge < -0.3 is 9.72 Å². The van der Waals surface area contributed by atoms with Crippen LogP contribution in [0.25, 0.3) is 44.6 Å². The van der Waals surface area contributed by atoms with E-state index in [0.717, 1.165) is 59.4 Å². The Morgan fingerprint density at radius 1 is 1.00 bits per heavy atom. The minimum absolute atomic E-state index is 0. The average molecular weight is 768 g/mol. The number of carbonyl (C=O) groups is 1. The van der Waals surface area contributed by atoms with Crippen molar-refractivity contribution in [2.45, 2.75) is 60.6 Å². The van der Waals surface area contributed by atoms with Gasteiger partial charge in [-0.15, -0.1) is 12.4 Å². The van der Waals surface area contributed by atoms with Crippen molar-refractivity contribution in [2.75, 3.05) is 13.2 Å². The zero-order chi connectivity index (χ0) is 32.6. The molecule has 0 spiro atoms. The minimum atomic E-state index is -2.10. The fourth-order valence-electron chi connectivity index (χ4n) is 5.41. The van der Waals surface area contributed by atoms with Gasteiger partial charge in [0.2, 0.25) is 0 Å². The molecule has 0 atom stereocenters. The van der Waals surface area contributed by atoms with E-state index < -0.39 is 29.9 Å². The quantitative estimate of drug-likeness (QED) is 0.152. The van der Waals surface area contributed by atoms with Crippen molar-refractivity contribution in [3.63, 3.8) is 0 Å². The number of H-pyrrole nitrogens is 3. The Bertz CT molecular complexity index is 2080. The summed E-state index contributed by atoms with van der Waals surface area (Å²) >= 11 is -2.10. The number of aromatic nitrogens is 8. The summed E-state index contributed by atoms with van der Waals surface area (Å²) in [5.74, 6) is 0.290. The Labute approximate surface area is 282 Å². The van der Waals surface area contributed by atoms with Crippen molar-refractivity contribution < 1.29 is 14.3 Å². The Kier molecular flexibility index (Phi) is 10.1. The molecule has 2 aromatic carbocycles. The molecule has 1 aliphatic heterocycles. The number of benzene rings is 2. The van der Waals surface area contributed by atoms with Gasteiger partial charge in [-0.05, 0) is 30.9 Å². The van der Waals surface area contributed by atoms with E-state index in [-0.39, 0.29) is 23.9 Å². The van der Waals surface area contributed by atoms with Crippen LogP contribution in [0.3, 0.4) is 0 Å². The van der Waals surface area contributed by atoms with Crippen molar-refractivity contribution in [3.05, 3.63) is 65.2 Å². The van der Waals surface area contributed by atoms with Crippen molar-refractivity contribution in [1.29, 1.82) is 0 Å². The molecule has 1 aliphatic rings. The van der Waals surface area contributed by atoms with Crippen LogP contribution in [0.1, 0.15) is 44.2 Å². The first-order valence-electron chi connectivity index (χ1n) is 15.5. The van der Waals surface area contributed by atoms with Gasteiger partial charge in [-0.25, -0.2) is 19.7 Å². The first kappa shape index (κ1) is 34.6. The minimum Gasteiger partial charge on any atom is -0.381 e. The molecule has 248 valence electrons. The maximum atomic E-state index is 12.4. The summed E-state index contributed by atoms with van der Waals surface area (Å²) < 4.78 is 13.9. The van der Waals surface area contributed by atoms with E-state index in [0.29, 0.717) is 23.8 Å². The Balaban J connectivity index is 0.000000188. The molecule has 5 heterocycles. The van der Waals surface area contributed by atoms with E-state index >= 15 is 0 Å².